The number of hydrogen-bond acceptors (Lipinski definition) is 5. The Balaban J connectivity index is 1.57. The zero-order valence-corrected chi connectivity index (χ0v) is 14.6. The molecule has 0 N–H and O–H groups in total. The summed E-state index contributed by atoms with van der Waals surface area (Å²) in [4.78, 5) is 16.2. The van der Waals surface area contributed by atoms with Crippen LogP contribution in [0.4, 0.5) is 0 Å². The lowest BCUT2D eigenvalue weighted by atomic mass is 10.0. The molecule has 1 heterocycles. The number of carbonyl (C=O) groups excluding carboxylic acids is 1. The Bertz CT molecular complexity index is 849. The van der Waals surface area contributed by atoms with Crippen molar-refractivity contribution in [3.05, 3.63) is 59.5 Å². The van der Waals surface area contributed by atoms with Gasteiger partial charge in [-0.15, -0.1) is 0 Å². The summed E-state index contributed by atoms with van der Waals surface area (Å²) >= 11 is 0. The molecule has 0 unspecified atom stereocenters. The first-order chi connectivity index (χ1) is 12.0. The lowest BCUT2D eigenvalue weighted by Gasteiger charge is -2.14. The van der Waals surface area contributed by atoms with Gasteiger partial charge in [-0.25, -0.2) is 9.78 Å². The Morgan fingerprint density at radius 1 is 1.20 bits per heavy atom. The SMILES string of the molecule is Cc1ccc(C(C)C)c(OCC(=O)OCc2nc3ccccc3o2)c1. The highest BCUT2D eigenvalue weighted by Crippen LogP contribution is 2.27. The summed E-state index contributed by atoms with van der Waals surface area (Å²) in [5, 5.41) is 0. The van der Waals surface area contributed by atoms with Gasteiger partial charge in [0.15, 0.2) is 18.8 Å². The second-order valence-corrected chi connectivity index (χ2v) is 6.22. The number of ether oxygens (including phenoxy) is 2. The van der Waals surface area contributed by atoms with Crippen LogP contribution in [0, 0.1) is 6.92 Å². The summed E-state index contributed by atoms with van der Waals surface area (Å²) < 4.78 is 16.4. The zero-order chi connectivity index (χ0) is 17.8. The second-order valence-electron chi connectivity index (χ2n) is 6.22. The predicted molar refractivity (Wildman–Crippen MR) is 94.6 cm³/mol. The summed E-state index contributed by atoms with van der Waals surface area (Å²) in [6, 6.07) is 13.4. The van der Waals surface area contributed by atoms with Gasteiger partial charge < -0.3 is 13.9 Å². The van der Waals surface area contributed by atoms with Gasteiger partial charge in [0.1, 0.15) is 11.3 Å². The van der Waals surface area contributed by atoms with Gasteiger partial charge in [0.2, 0.25) is 5.89 Å². The highest BCUT2D eigenvalue weighted by molar-refractivity contribution is 5.73. The van der Waals surface area contributed by atoms with Crippen molar-refractivity contribution in [1.82, 2.24) is 4.98 Å². The molecular formula is C20H21NO4. The average Bonchev–Trinajstić information content (AvgIpc) is 3.01. The monoisotopic (exact) mass is 339 g/mol. The van der Waals surface area contributed by atoms with E-state index in [0.29, 0.717) is 23.1 Å². The number of hydrogen-bond donors (Lipinski definition) is 0. The van der Waals surface area contributed by atoms with E-state index >= 15 is 0 Å². The molecule has 0 saturated heterocycles. The van der Waals surface area contributed by atoms with Crippen molar-refractivity contribution in [3.63, 3.8) is 0 Å². The molecular weight excluding hydrogens is 318 g/mol. The van der Waals surface area contributed by atoms with Gasteiger partial charge in [-0.3, -0.25) is 0 Å². The third-order valence-electron chi connectivity index (χ3n) is 3.83. The number of oxazole rings is 1. The van der Waals surface area contributed by atoms with Crippen LogP contribution in [0.5, 0.6) is 5.75 Å². The number of benzene rings is 2. The van der Waals surface area contributed by atoms with E-state index in [4.69, 9.17) is 13.9 Å². The number of rotatable bonds is 6. The lowest BCUT2D eigenvalue weighted by molar-refractivity contribution is -0.148. The summed E-state index contributed by atoms with van der Waals surface area (Å²) in [5.74, 6) is 0.937. The normalized spacial score (nSPS) is 11.0. The molecule has 0 amide bonds. The molecule has 0 aliphatic rings. The Morgan fingerprint density at radius 3 is 2.76 bits per heavy atom. The summed E-state index contributed by atoms with van der Waals surface area (Å²) in [6.45, 7) is 6.00. The van der Waals surface area contributed by atoms with Crippen LogP contribution >= 0.6 is 0 Å². The van der Waals surface area contributed by atoms with Gasteiger partial charge in [0.25, 0.3) is 0 Å². The van der Waals surface area contributed by atoms with Crippen LogP contribution in [0.1, 0.15) is 36.8 Å². The van der Waals surface area contributed by atoms with Gasteiger partial charge in [-0.05, 0) is 42.2 Å². The maximum atomic E-state index is 12.0. The first-order valence-corrected chi connectivity index (χ1v) is 8.26. The van der Waals surface area contributed by atoms with Crippen molar-refractivity contribution in [2.24, 2.45) is 0 Å². The number of aromatic nitrogens is 1. The molecule has 1 aromatic heterocycles. The number of esters is 1. The van der Waals surface area contributed by atoms with Crippen molar-refractivity contribution in [3.8, 4) is 5.75 Å². The maximum absolute atomic E-state index is 12.0. The highest BCUT2D eigenvalue weighted by atomic mass is 16.6. The first-order valence-electron chi connectivity index (χ1n) is 8.26. The predicted octanol–water partition coefficient (Wildman–Crippen LogP) is 4.38. The van der Waals surface area contributed by atoms with E-state index < -0.39 is 5.97 Å². The van der Waals surface area contributed by atoms with Crippen LogP contribution in [0.2, 0.25) is 0 Å². The fourth-order valence-corrected chi connectivity index (χ4v) is 2.55. The van der Waals surface area contributed by atoms with E-state index in [-0.39, 0.29) is 13.2 Å². The lowest BCUT2D eigenvalue weighted by Crippen LogP contribution is -2.15. The molecule has 5 nitrogen and oxygen atoms in total. The standard InChI is InChI=1S/C20H21NO4/c1-13(2)15-9-8-14(3)10-18(15)23-12-20(22)24-11-19-21-16-6-4-5-7-17(16)25-19/h4-10,13H,11-12H2,1-3H3. The molecule has 3 aromatic rings. The van der Waals surface area contributed by atoms with E-state index in [9.17, 15) is 4.79 Å². The van der Waals surface area contributed by atoms with Gasteiger partial charge in [-0.1, -0.05) is 38.1 Å². The van der Waals surface area contributed by atoms with Gasteiger partial charge in [0.05, 0.1) is 0 Å². The fraction of sp³-hybridized carbons (Fsp3) is 0.300. The minimum atomic E-state index is -0.460. The van der Waals surface area contributed by atoms with Crippen LogP contribution < -0.4 is 4.74 Å². The molecule has 0 bridgehead atoms. The summed E-state index contributed by atoms with van der Waals surface area (Å²) in [7, 11) is 0. The minimum Gasteiger partial charge on any atom is -0.482 e. The molecule has 5 heteroatoms. The Hall–Kier alpha value is -2.82. The van der Waals surface area contributed by atoms with Crippen LogP contribution in [-0.2, 0) is 16.1 Å². The highest BCUT2D eigenvalue weighted by Gasteiger charge is 2.12. The molecule has 0 spiro atoms. The molecule has 0 radical (unpaired) electrons. The van der Waals surface area contributed by atoms with Crippen molar-refractivity contribution >= 4 is 17.1 Å². The number of para-hydroxylation sites is 2. The smallest absolute Gasteiger partial charge is 0.344 e. The maximum Gasteiger partial charge on any atom is 0.344 e. The number of fused-ring (bicyclic) bond motifs is 1. The van der Waals surface area contributed by atoms with E-state index in [0.717, 1.165) is 16.6 Å². The van der Waals surface area contributed by atoms with Crippen LogP contribution in [0.3, 0.4) is 0 Å². The van der Waals surface area contributed by atoms with Crippen molar-refractivity contribution in [1.29, 1.82) is 0 Å². The molecule has 2 aromatic carbocycles. The topological polar surface area (TPSA) is 61.6 Å². The number of nitrogens with zero attached hydrogens (tertiary/aromatic N) is 1. The van der Waals surface area contributed by atoms with Crippen LogP contribution in [0.15, 0.2) is 46.9 Å². The fourth-order valence-electron chi connectivity index (χ4n) is 2.55. The van der Waals surface area contributed by atoms with Gasteiger partial charge in [0, 0.05) is 0 Å². The van der Waals surface area contributed by atoms with E-state index in [1.54, 1.807) is 0 Å². The Kier molecular flexibility index (Phi) is 5.03. The van der Waals surface area contributed by atoms with E-state index in [2.05, 4.69) is 18.8 Å². The summed E-state index contributed by atoms with van der Waals surface area (Å²) in [6.07, 6.45) is 0. The average molecular weight is 339 g/mol. The molecule has 3 rings (SSSR count). The first kappa shape index (κ1) is 17.0. The van der Waals surface area contributed by atoms with E-state index in [1.807, 2.05) is 49.4 Å². The third-order valence-corrected chi connectivity index (χ3v) is 3.83. The van der Waals surface area contributed by atoms with Crippen molar-refractivity contribution in [2.45, 2.75) is 33.3 Å². The molecule has 0 atom stereocenters. The molecule has 0 aliphatic heterocycles. The Labute approximate surface area is 146 Å². The Morgan fingerprint density at radius 2 is 2.00 bits per heavy atom. The minimum absolute atomic E-state index is 0.0122. The van der Waals surface area contributed by atoms with Crippen LogP contribution in [0.25, 0.3) is 11.1 Å². The molecule has 130 valence electrons. The van der Waals surface area contributed by atoms with Crippen LogP contribution in [-0.4, -0.2) is 17.6 Å². The quantitative estimate of drug-likeness (QED) is 0.624. The van der Waals surface area contributed by atoms with Crippen molar-refractivity contribution < 1.29 is 18.7 Å². The number of carbonyl (C=O) groups is 1. The van der Waals surface area contributed by atoms with Gasteiger partial charge in [-0.2, -0.15) is 0 Å². The van der Waals surface area contributed by atoms with Gasteiger partial charge >= 0.3 is 5.97 Å². The zero-order valence-electron chi connectivity index (χ0n) is 14.6. The molecule has 0 aliphatic carbocycles. The van der Waals surface area contributed by atoms with E-state index in [1.165, 1.54) is 0 Å². The summed E-state index contributed by atoms with van der Waals surface area (Å²) in [5.41, 5.74) is 3.56. The molecule has 0 fully saturated rings. The molecule has 25 heavy (non-hydrogen) atoms. The third kappa shape index (κ3) is 4.18. The number of aryl methyl sites for hydroxylation is 1. The largest absolute Gasteiger partial charge is 0.482 e. The molecule has 0 saturated carbocycles. The second kappa shape index (κ2) is 7.38. The van der Waals surface area contributed by atoms with Crippen molar-refractivity contribution in [2.75, 3.05) is 6.61 Å².